The Morgan fingerprint density at radius 2 is 2.08 bits per heavy atom. The maximum absolute atomic E-state index is 2.27. The third-order valence-corrected chi connectivity index (χ3v) is 2.37. The zero-order chi connectivity index (χ0) is 8.55. The van der Waals surface area contributed by atoms with Gasteiger partial charge in [0, 0.05) is 23.6 Å². The minimum atomic E-state index is 1.05. The van der Waals surface area contributed by atoms with E-state index in [2.05, 4.69) is 48.9 Å². The Balaban J connectivity index is 2.80. The van der Waals surface area contributed by atoms with Crippen molar-refractivity contribution in [2.45, 2.75) is 20.4 Å². The Kier molecular flexibility index (Phi) is 1.65. The van der Waals surface area contributed by atoms with Crippen molar-refractivity contribution >= 4 is 10.9 Å². The highest BCUT2D eigenvalue weighted by Gasteiger charge is 1.99. The van der Waals surface area contributed by atoms with E-state index < -0.39 is 0 Å². The normalized spacial score (nSPS) is 10.8. The van der Waals surface area contributed by atoms with Crippen LogP contribution in [-0.4, -0.2) is 4.57 Å². The van der Waals surface area contributed by atoms with Crippen LogP contribution in [0.3, 0.4) is 0 Å². The first-order valence-corrected chi connectivity index (χ1v) is 4.37. The Hall–Kier alpha value is -1.24. The summed E-state index contributed by atoms with van der Waals surface area (Å²) in [7, 11) is 0. The maximum Gasteiger partial charge on any atom is 0.0482 e. The molecule has 0 bridgehead atoms. The number of aryl methyl sites for hydroxylation is 2. The van der Waals surface area contributed by atoms with Crippen LogP contribution in [0.4, 0.5) is 0 Å². The van der Waals surface area contributed by atoms with Gasteiger partial charge in [0.1, 0.15) is 0 Å². The second kappa shape index (κ2) is 2.67. The molecule has 0 N–H and O–H groups in total. The van der Waals surface area contributed by atoms with E-state index in [1.807, 2.05) is 0 Å². The van der Waals surface area contributed by atoms with Gasteiger partial charge in [0.2, 0.25) is 0 Å². The van der Waals surface area contributed by atoms with E-state index in [1.165, 1.54) is 16.5 Å². The van der Waals surface area contributed by atoms with Crippen molar-refractivity contribution in [2.75, 3.05) is 0 Å². The molecule has 2 aromatic rings. The summed E-state index contributed by atoms with van der Waals surface area (Å²) >= 11 is 0. The molecule has 2 rings (SSSR count). The molecule has 1 heteroatoms. The number of rotatable bonds is 1. The van der Waals surface area contributed by atoms with E-state index in [1.54, 1.807) is 0 Å². The summed E-state index contributed by atoms with van der Waals surface area (Å²) in [5, 5.41) is 1.37. The van der Waals surface area contributed by atoms with E-state index in [-0.39, 0.29) is 0 Å². The molecule has 0 aliphatic carbocycles. The van der Waals surface area contributed by atoms with Gasteiger partial charge in [-0.25, -0.2) is 0 Å². The summed E-state index contributed by atoms with van der Waals surface area (Å²) in [6.07, 6.45) is 2.15. The lowest BCUT2D eigenvalue weighted by molar-refractivity contribution is 0.797. The van der Waals surface area contributed by atoms with Crippen molar-refractivity contribution in [2.24, 2.45) is 0 Å². The molecule has 0 atom stereocenters. The van der Waals surface area contributed by atoms with Gasteiger partial charge in [-0.1, -0.05) is 12.1 Å². The van der Waals surface area contributed by atoms with Gasteiger partial charge < -0.3 is 4.57 Å². The van der Waals surface area contributed by atoms with Crippen molar-refractivity contribution in [1.29, 1.82) is 0 Å². The second-order valence-electron chi connectivity index (χ2n) is 3.11. The number of hydrogen-bond donors (Lipinski definition) is 0. The molecule has 1 aromatic carbocycles. The third kappa shape index (κ3) is 0.934. The minimum Gasteiger partial charge on any atom is -0.348 e. The molecule has 0 saturated heterocycles. The molecule has 1 aromatic heterocycles. The topological polar surface area (TPSA) is 4.93 Å². The van der Waals surface area contributed by atoms with Crippen LogP contribution >= 0.6 is 0 Å². The molecule has 0 saturated carbocycles. The van der Waals surface area contributed by atoms with Gasteiger partial charge in [-0.2, -0.15) is 0 Å². The first-order valence-electron chi connectivity index (χ1n) is 4.37. The molecule has 0 amide bonds. The smallest absolute Gasteiger partial charge is 0.0482 e. The summed E-state index contributed by atoms with van der Waals surface area (Å²) < 4.78 is 2.27. The van der Waals surface area contributed by atoms with Crippen molar-refractivity contribution in [3.63, 3.8) is 0 Å². The Morgan fingerprint density at radius 3 is 2.83 bits per heavy atom. The number of hydrogen-bond acceptors (Lipinski definition) is 0. The number of aromatic nitrogens is 1. The van der Waals surface area contributed by atoms with Gasteiger partial charge in [0.15, 0.2) is 0 Å². The van der Waals surface area contributed by atoms with E-state index in [4.69, 9.17) is 0 Å². The fourth-order valence-corrected chi connectivity index (χ4v) is 1.65. The molecule has 0 unspecified atom stereocenters. The zero-order valence-corrected chi connectivity index (χ0v) is 7.54. The Morgan fingerprint density at radius 1 is 1.25 bits per heavy atom. The monoisotopic (exact) mass is 159 g/mol. The number of benzene rings is 1. The Bertz CT molecular complexity index is 398. The average molecular weight is 159 g/mol. The summed E-state index contributed by atoms with van der Waals surface area (Å²) in [5.74, 6) is 0. The lowest BCUT2D eigenvalue weighted by Gasteiger charge is -2.00. The van der Waals surface area contributed by atoms with E-state index in [9.17, 15) is 0 Å². The van der Waals surface area contributed by atoms with Crippen molar-refractivity contribution in [3.8, 4) is 0 Å². The Labute approximate surface area is 72.6 Å². The van der Waals surface area contributed by atoms with Crippen LogP contribution in [0.2, 0.25) is 0 Å². The molecule has 0 aliphatic rings. The van der Waals surface area contributed by atoms with Crippen LogP contribution in [0, 0.1) is 6.92 Å². The van der Waals surface area contributed by atoms with Gasteiger partial charge in [-0.05, 0) is 31.5 Å². The van der Waals surface area contributed by atoms with E-state index >= 15 is 0 Å². The fraction of sp³-hybridized carbons (Fsp3) is 0.273. The molecular formula is C11H13N. The molecule has 0 fully saturated rings. The fourth-order valence-electron chi connectivity index (χ4n) is 1.65. The van der Waals surface area contributed by atoms with Crippen LogP contribution in [0.15, 0.2) is 30.5 Å². The zero-order valence-electron chi connectivity index (χ0n) is 7.54. The summed E-state index contributed by atoms with van der Waals surface area (Å²) in [4.78, 5) is 0. The van der Waals surface area contributed by atoms with Crippen LogP contribution < -0.4 is 0 Å². The van der Waals surface area contributed by atoms with Gasteiger partial charge >= 0.3 is 0 Å². The number of fused-ring (bicyclic) bond motifs is 1. The van der Waals surface area contributed by atoms with Crippen LogP contribution in [-0.2, 0) is 6.54 Å². The highest BCUT2D eigenvalue weighted by Crippen LogP contribution is 2.18. The largest absolute Gasteiger partial charge is 0.348 e. The van der Waals surface area contributed by atoms with Gasteiger partial charge in [-0.3, -0.25) is 0 Å². The molecule has 62 valence electrons. The first kappa shape index (κ1) is 7.41. The van der Waals surface area contributed by atoms with Gasteiger partial charge in [-0.15, -0.1) is 0 Å². The molecule has 12 heavy (non-hydrogen) atoms. The van der Waals surface area contributed by atoms with Crippen LogP contribution in [0.5, 0.6) is 0 Å². The second-order valence-corrected chi connectivity index (χ2v) is 3.11. The van der Waals surface area contributed by atoms with E-state index in [0.29, 0.717) is 0 Å². The highest BCUT2D eigenvalue weighted by molar-refractivity contribution is 5.83. The van der Waals surface area contributed by atoms with Crippen LogP contribution in [0.25, 0.3) is 10.9 Å². The molecular weight excluding hydrogens is 146 g/mol. The minimum absolute atomic E-state index is 1.05. The standard InChI is InChI=1S/C11H13N/c1-3-12-8-7-10-9(2)5-4-6-11(10)12/h4-8H,3H2,1-2H3. The predicted molar refractivity (Wildman–Crippen MR) is 52.3 cm³/mol. The SMILES string of the molecule is CCn1ccc2c(C)cccc21. The molecule has 1 nitrogen and oxygen atoms in total. The summed E-state index contributed by atoms with van der Waals surface area (Å²) in [5.41, 5.74) is 2.71. The first-order chi connectivity index (χ1) is 5.83. The lowest BCUT2D eigenvalue weighted by atomic mass is 10.1. The van der Waals surface area contributed by atoms with Crippen LogP contribution in [0.1, 0.15) is 12.5 Å². The predicted octanol–water partition coefficient (Wildman–Crippen LogP) is 2.97. The van der Waals surface area contributed by atoms with Crippen molar-refractivity contribution < 1.29 is 0 Å². The highest BCUT2D eigenvalue weighted by atomic mass is 14.9. The number of nitrogens with zero attached hydrogens (tertiary/aromatic N) is 1. The van der Waals surface area contributed by atoms with Gasteiger partial charge in [0.25, 0.3) is 0 Å². The van der Waals surface area contributed by atoms with Crippen molar-refractivity contribution in [3.05, 3.63) is 36.0 Å². The quantitative estimate of drug-likeness (QED) is 0.603. The summed E-state index contributed by atoms with van der Waals surface area (Å²) in [6.45, 7) is 5.37. The average Bonchev–Trinajstić information content (AvgIpc) is 2.49. The summed E-state index contributed by atoms with van der Waals surface area (Å²) in [6, 6.07) is 8.63. The molecule has 0 spiro atoms. The van der Waals surface area contributed by atoms with Gasteiger partial charge in [0.05, 0.1) is 0 Å². The molecule has 0 radical (unpaired) electrons. The molecule has 0 aliphatic heterocycles. The molecule has 1 heterocycles. The third-order valence-electron chi connectivity index (χ3n) is 2.37. The maximum atomic E-state index is 2.27. The van der Waals surface area contributed by atoms with E-state index in [0.717, 1.165) is 6.54 Å². The van der Waals surface area contributed by atoms with Crippen molar-refractivity contribution in [1.82, 2.24) is 4.57 Å². The lowest BCUT2D eigenvalue weighted by Crippen LogP contribution is -1.90.